The molecule has 0 unspecified atom stereocenters. The summed E-state index contributed by atoms with van der Waals surface area (Å²) in [6.45, 7) is 0. The fourth-order valence-electron chi connectivity index (χ4n) is 3.63. The molecule has 3 aromatic carbocycles. The van der Waals surface area contributed by atoms with Crippen LogP contribution in [0.1, 0.15) is 19.3 Å². The Morgan fingerprint density at radius 1 is 0.600 bits per heavy atom. The molecule has 0 atom stereocenters. The molecule has 0 saturated carbocycles. The minimum atomic E-state index is -3.55. The summed E-state index contributed by atoms with van der Waals surface area (Å²) in [5.41, 5.74) is 0. The summed E-state index contributed by atoms with van der Waals surface area (Å²) < 4.78 is 11.1. The van der Waals surface area contributed by atoms with Crippen molar-refractivity contribution in [1.82, 2.24) is 0 Å². The quantitative estimate of drug-likeness (QED) is 0.558. The van der Waals surface area contributed by atoms with E-state index in [9.17, 15) is 0 Å². The average Bonchev–Trinajstić information content (AvgIpc) is 3.21. The zero-order chi connectivity index (χ0) is 17.0. The molecule has 0 aliphatic heterocycles. The van der Waals surface area contributed by atoms with Gasteiger partial charge < -0.3 is 0 Å². The second-order valence-electron chi connectivity index (χ2n) is 6.44. The zero-order valence-corrected chi connectivity index (χ0v) is 17.1. The Labute approximate surface area is 154 Å². The predicted molar refractivity (Wildman–Crippen MR) is 107 cm³/mol. The molecule has 0 spiro atoms. The third kappa shape index (κ3) is 3.25. The SMILES string of the molecule is C1=C([O][Sn]([c]2ccccc2)([c]2ccccc2)[c]2ccccc2)CCC1. The van der Waals surface area contributed by atoms with E-state index < -0.39 is 18.8 Å². The molecule has 0 aromatic heterocycles. The number of hydrogen-bond acceptors (Lipinski definition) is 1. The third-order valence-corrected chi connectivity index (χ3v) is 16.3. The molecule has 0 amide bonds. The van der Waals surface area contributed by atoms with Gasteiger partial charge in [-0.05, 0) is 0 Å². The van der Waals surface area contributed by atoms with Crippen molar-refractivity contribution in [2.75, 3.05) is 0 Å². The number of hydrogen-bond donors (Lipinski definition) is 0. The van der Waals surface area contributed by atoms with Crippen LogP contribution in [-0.2, 0) is 3.07 Å². The first kappa shape index (κ1) is 16.5. The summed E-state index contributed by atoms with van der Waals surface area (Å²) in [7, 11) is 0. The van der Waals surface area contributed by atoms with Crippen LogP contribution in [0.15, 0.2) is 103 Å². The molecule has 3 aromatic rings. The van der Waals surface area contributed by atoms with E-state index in [4.69, 9.17) is 3.07 Å². The monoisotopic (exact) mass is 434 g/mol. The van der Waals surface area contributed by atoms with Gasteiger partial charge in [0.25, 0.3) is 0 Å². The van der Waals surface area contributed by atoms with Crippen molar-refractivity contribution in [1.29, 1.82) is 0 Å². The topological polar surface area (TPSA) is 9.23 Å². The Morgan fingerprint density at radius 2 is 1.04 bits per heavy atom. The molecular weight excluding hydrogens is 411 g/mol. The van der Waals surface area contributed by atoms with E-state index in [-0.39, 0.29) is 0 Å². The zero-order valence-electron chi connectivity index (χ0n) is 14.3. The maximum atomic E-state index is 7.03. The van der Waals surface area contributed by atoms with E-state index in [0.29, 0.717) is 0 Å². The van der Waals surface area contributed by atoms with Gasteiger partial charge in [0.2, 0.25) is 0 Å². The summed E-state index contributed by atoms with van der Waals surface area (Å²) in [4.78, 5) is 0. The van der Waals surface area contributed by atoms with Crippen molar-refractivity contribution < 1.29 is 3.07 Å². The summed E-state index contributed by atoms with van der Waals surface area (Å²) in [6.07, 6.45) is 5.69. The molecule has 0 fully saturated rings. The van der Waals surface area contributed by atoms with Gasteiger partial charge in [0, 0.05) is 0 Å². The van der Waals surface area contributed by atoms with Crippen molar-refractivity contribution in [2.24, 2.45) is 0 Å². The number of benzene rings is 3. The summed E-state index contributed by atoms with van der Waals surface area (Å²) in [5.74, 6) is 1.19. The molecule has 1 nitrogen and oxygen atoms in total. The normalized spacial score (nSPS) is 14.2. The Bertz CT molecular complexity index is 744. The van der Waals surface area contributed by atoms with Crippen molar-refractivity contribution in [3.8, 4) is 0 Å². The standard InChI is InChI=1S/3C6H5.C5H8O.Sn/c3*1-2-4-6-5-3-1;6-5-3-1-2-4-5;/h3*1-5H;3,6H,1-2,4H2;/q;;;;+1/p-1. The summed E-state index contributed by atoms with van der Waals surface area (Å²) in [5, 5.41) is 0. The molecule has 2 heteroatoms. The van der Waals surface area contributed by atoms with Gasteiger partial charge in [-0.25, -0.2) is 0 Å². The van der Waals surface area contributed by atoms with E-state index in [1.54, 1.807) is 0 Å². The first-order chi connectivity index (χ1) is 12.4. The van der Waals surface area contributed by atoms with Crippen LogP contribution in [0.3, 0.4) is 0 Å². The van der Waals surface area contributed by atoms with Crippen LogP contribution in [0, 0.1) is 0 Å². The second-order valence-corrected chi connectivity index (χ2v) is 15.9. The van der Waals surface area contributed by atoms with Crippen molar-refractivity contribution >= 4 is 29.5 Å². The van der Waals surface area contributed by atoms with Crippen LogP contribution in [-0.4, -0.2) is 18.8 Å². The molecule has 1 aliphatic carbocycles. The van der Waals surface area contributed by atoms with Crippen LogP contribution >= 0.6 is 0 Å². The van der Waals surface area contributed by atoms with E-state index in [2.05, 4.69) is 97.1 Å². The Morgan fingerprint density at radius 3 is 1.40 bits per heavy atom. The van der Waals surface area contributed by atoms with Crippen LogP contribution in [0.25, 0.3) is 0 Å². The predicted octanol–water partition coefficient (Wildman–Crippen LogP) is 3.74. The minimum absolute atomic E-state index is 1.06. The van der Waals surface area contributed by atoms with Gasteiger partial charge in [-0.3, -0.25) is 0 Å². The van der Waals surface area contributed by atoms with Gasteiger partial charge in [-0.15, -0.1) is 0 Å². The van der Waals surface area contributed by atoms with Crippen LogP contribution in [0.5, 0.6) is 0 Å². The number of rotatable bonds is 5. The van der Waals surface area contributed by atoms with E-state index >= 15 is 0 Å². The Balaban J connectivity index is 1.97. The van der Waals surface area contributed by atoms with Gasteiger partial charge >= 0.3 is 155 Å². The molecule has 25 heavy (non-hydrogen) atoms. The van der Waals surface area contributed by atoms with Gasteiger partial charge in [0.15, 0.2) is 0 Å². The second kappa shape index (κ2) is 7.49. The fraction of sp³-hybridized carbons (Fsp3) is 0.130. The molecule has 0 N–H and O–H groups in total. The molecule has 0 heterocycles. The van der Waals surface area contributed by atoms with E-state index in [1.165, 1.54) is 22.9 Å². The van der Waals surface area contributed by atoms with E-state index in [1.807, 2.05) is 0 Å². The van der Waals surface area contributed by atoms with Crippen molar-refractivity contribution in [3.63, 3.8) is 0 Å². The summed E-state index contributed by atoms with van der Waals surface area (Å²) >= 11 is -3.55. The van der Waals surface area contributed by atoms with Crippen molar-refractivity contribution in [3.05, 3.63) is 103 Å². The van der Waals surface area contributed by atoms with Crippen LogP contribution < -0.4 is 10.7 Å². The van der Waals surface area contributed by atoms with E-state index in [0.717, 1.165) is 12.8 Å². The van der Waals surface area contributed by atoms with Crippen LogP contribution in [0.4, 0.5) is 0 Å². The van der Waals surface area contributed by atoms with Crippen molar-refractivity contribution in [2.45, 2.75) is 19.3 Å². The van der Waals surface area contributed by atoms with Gasteiger partial charge in [0.05, 0.1) is 0 Å². The molecule has 4 rings (SSSR count). The third-order valence-electron chi connectivity index (χ3n) is 4.82. The van der Waals surface area contributed by atoms with Gasteiger partial charge in [-0.2, -0.15) is 0 Å². The molecule has 0 bridgehead atoms. The fourth-order valence-corrected chi connectivity index (χ4v) is 14.8. The molecule has 1 aliphatic rings. The average molecular weight is 433 g/mol. The van der Waals surface area contributed by atoms with Gasteiger partial charge in [-0.1, -0.05) is 0 Å². The molecule has 0 radical (unpaired) electrons. The maximum absolute atomic E-state index is 7.03. The summed E-state index contributed by atoms with van der Waals surface area (Å²) in [6, 6.07) is 32.6. The Kier molecular flexibility index (Phi) is 4.93. The first-order valence-corrected chi connectivity index (χ1v) is 14.4. The molecule has 0 saturated heterocycles. The molecule has 124 valence electrons. The van der Waals surface area contributed by atoms with Crippen LogP contribution in [0.2, 0.25) is 0 Å². The number of allylic oxidation sites excluding steroid dienone is 2. The van der Waals surface area contributed by atoms with Gasteiger partial charge in [0.1, 0.15) is 0 Å². The first-order valence-electron chi connectivity index (χ1n) is 8.94. The molecular formula is C23H22OSn. The Hall–Kier alpha value is -2.00.